The average Bonchev–Trinajstić information content (AvgIpc) is 2.42. The number of carbonyl (C=O) groups excluding carboxylic acids is 1. The Hall–Kier alpha value is -1.88. The van der Waals surface area contributed by atoms with Crippen molar-refractivity contribution in [3.63, 3.8) is 0 Å². The SMILES string of the molecule is CCC(O)CCCOC(=O)c1ccccc1C(=O)O. The molecule has 0 fully saturated rings. The lowest BCUT2D eigenvalue weighted by molar-refractivity contribution is 0.0467. The molecule has 0 aliphatic rings. The van der Waals surface area contributed by atoms with E-state index in [1.807, 2.05) is 6.92 Å². The summed E-state index contributed by atoms with van der Waals surface area (Å²) in [5, 5.41) is 18.3. The van der Waals surface area contributed by atoms with Crippen LogP contribution in [0.5, 0.6) is 0 Å². The number of hydrogen-bond acceptors (Lipinski definition) is 4. The zero-order valence-electron chi connectivity index (χ0n) is 10.8. The Morgan fingerprint density at radius 2 is 1.89 bits per heavy atom. The van der Waals surface area contributed by atoms with Gasteiger partial charge < -0.3 is 14.9 Å². The molecule has 5 heteroatoms. The number of carboxylic acids is 1. The van der Waals surface area contributed by atoms with Gasteiger partial charge in [-0.25, -0.2) is 9.59 Å². The van der Waals surface area contributed by atoms with Gasteiger partial charge in [0.2, 0.25) is 0 Å². The van der Waals surface area contributed by atoms with Gasteiger partial charge in [0.05, 0.1) is 23.8 Å². The molecular formula is C14H18O5. The summed E-state index contributed by atoms with van der Waals surface area (Å²) in [4.78, 5) is 22.7. The number of aromatic carboxylic acids is 1. The van der Waals surface area contributed by atoms with E-state index < -0.39 is 11.9 Å². The van der Waals surface area contributed by atoms with E-state index in [0.29, 0.717) is 19.3 Å². The number of carboxylic acid groups (broad SMARTS) is 1. The summed E-state index contributed by atoms with van der Waals surface area (Å²) in [6, 6.07) is 5.92. The van der Waals surface area contributed by atoms with E-state index in [1.54, 1.807) is 12.1 Å². The van der Waals surface area contributed by atoms with E-state index in [4.69, 9.17) is 9.84 Å². The van der Waals surface area contributed by atoms with Crippen LogP contribution in [-0.4, -0.2) is 34.9 Å². The minimum absolute atomic E-state index is 0.0473. The molecule has 19 heavy (non-hydrogen) atoms. The minimum Gasteiger partial charge on any atom is -0.478 e. The molecule has 0 aromatic heterocycles. The van der Waals surface area contributed by atoms with Crippen LogP contribution in [0.25, 0.3) is 0 Å². The Bertz CT molecular complexity index is 441. The third-order valence-electron chi connectivity index (χ3n) is 2.76. The van der Waals surface area contributed by atoms with Gasteiger partial charge in [0, 0.05) is 0 Å². The molecule has 1 unspecified atom stereocenters. The molecule has 0 aliphatic carbocycles. The molecule has 1 aromatic rings. The lowest BCUT2D eigenvalue weighted by atomic mass is 10.1. The van der Waals surface area contributed by atoms with Crippen molar-refractivity contribution >= 4 is 11.9 Å². The summed E-state index contributed by atoms with van der Waals surface area (Å²) in [6.07, 6.45) is 1.39. The fraction of sp³-hybridized carbons (Fsp3) is 0.429. The number of aliphatic hydroxyl groups is 1. The summed E-state index contributed by atoms with van der Waals surface area (Å²) in [7, 11) is 0. The third kappa shape index (κ3) is 4.71. The molecule has 0 amide bonds. The van der Waals surface area contributed by atoms with Crippen LogP contribution >= 0.6 is 0 Å². The first-order valence-electron chi connectivity index (χ1n) is 6.23. The van der Waals surface area contributed by atoms with Crippen molar-refractivity contribution in [2.75, 3.05) is 6.61 Å². The van der Waals surface area contributed by atoms with E-state index in [-0.39, 0.29) is 23.8 Å². The second kappa shape index (κ2) is 7.53. The van der Waals surface area contributed by atoms with Crippen molar-refractivity contribution in [3.8, 4) is 0 Å². The van der Waals surface area contributed by atoms with Crippen LogP contribution in [0.1, 0.15) is 46.9 Å². The van der Waals surface area contributed by atoms with Gasteiger partial charge >= 0.3 is 11.9 Å². The van der Waals surface area contributed by atoms with Crippen molar-refractivity contribution in [2.45, 2.75) is 32.3 Å². The lowest BCUT2D eigenvalue weighted by Crippen LogP contribution is -2.13. The number of rotatable bonds is 7. The zero-order valence-corrected chi connectivity index (χ0v) is 10.8. The first-order chi connectivity index (χ1) is 9.06. The summed E-state index contributed by atoms with van der Waals surface area (Å²) in [6.45, 7) is 2.05. The number of aliphatic hydroxyl groups excluding tert-OH is 1. The highest BCUT2D eigenvalue weighted by Crippen LogP contribution is 2.11. The molecule has 1 aromatic carbocycles. The van der Waals surface area contributed by atoms with Gasteiger partial charge in [0.1, 0.15) is 0 Å². The van der Waals surface area contributed by atoms with Crippen molar-refractivity contribution in [1.29, 1.82) is 0 Å². The van der Waals surface area contributed by atoms with Gasteiger partial charge in [-0.2, -0.15) is 0 Å². The van der Waals surface area contributed by atoms with Crippen molar-refractivity contribution in [3.05, 3.63) is 35.4 Å². The third-order valence-corrected chi connectivity index (χ3v) is 2.76. The number of hydrogen-bond donors (Lipinski definition) is 2. The van der Waals surface area contributed by atoms with E-state index in [1.165, 1.54) is 12.1 Å². The van der Waals surface area contributed by atoms with E-state index in [9.17, 15) is 14.7 Å². The van der Waals surface area contributed by atoms with Gasteiger partial charge in [-0.05, 0) is 31.4 Å². The van der Waals surface area contributed by atoms with Gasteiger partial charge in [-0.1, -0.05) is 19.1 Å². The first-order valence-corrected chi connectivity index (χ1v) is 6.23. The maximum absolute atomic E-state index is 11.7. The van der Waals surface area contributed by atoms with Gasteiger partial charge in [-0.3, -0.25) is 0 Å². The quantitative estimate of drug-likeness (QED) is 0.583. The van der Waals surface area contributed by atoms with Crippen molar-refractivity contribution < 1.29 is 24.5 Å². The monoisotopic (exact) mass is 266 g/mol. The minimum atomic E-state index is -1.16. The lowest BCUT2D eigenvalue weighted by Gasteiger charge is -2.09. The summed E-state index contributed by atoms with van der Waals surface area (Å²) in [5.74, 6) is -1.81. The molecule has 104 valence electrons. The maximum atomic E-state index is 11.7. The molecule has 0 radical (unpaired) electrons. The number of carbonyl (C=O) groups is 2. The van der Waals surface area contributed by atoms with E-state index >= 15 is 0 Å². The first kappa shape index (κ1) is 15.2. The highest BCUT2D eigenvalue weighted by atomic mass is 16.5. The van der Waals surface area contributed by atoms with Crippen LogP contribution in [0.3, 0.4) is 0 Å². The van der Waals surface area contributed by atoms with Crippen LogP contribution in [0.4, 0.5) is 0 Å². The number of benzene rings is 1. The molecule has 1 atom stereocenters. The molecular weight excluding hydrogens is 248 g/mol. The van der Waals surface area contributed by atoms with Gasteiger partial charge in [0.15, 0.2) is 0 Å². The van der Waals surface area contributed by atoms with Crippen LogP contribution in [-0.2, 0) is 4.74 Å². The van der Waals surface area contributed by atoms with Crippen LogP contribution < -0.4 is 0 Å². The Kier molecular flexibility index (Phi) is 6.02. The molecule has 0 saturated heterocycles. The molecule has 0 bridgehead atoms. The number of ether oxygens (including phenoxy) is 1. The normalized spacial score (nSPS) is 11.9. The Labute approximate surface area is 111 Å². The summed E-state index contributed by atoms with van der Waals surface area (Å²) in [5.41, 5.74) is -0.0212. The highest BCUT2D eigenvalue weighted by Gasteiger charge is 2.16. The molecule has 2 N–H and O–H groups in total. The predicted octanol–water partition coefficient (Wildman–Crippen LogP) is 2.09. The molecule has 1 rings (SSSR count). The average molecular weight is 266 g/mol. The second-order valence-electron chi connectivity index (χ2n) is 4.19. The van der Waals surface area contributed by atoms with E-state index in [0.717, 1.165) is 0 Å². The number of esters is 1. The fourth-order valence-electron chi connectivity index (χ4n) is 1.61. The largest absolute Gasteiger partial charge is 0.478 e. The Balaban J connectivity index is 2.52. The second-order valence-corrected chi connectivity index (χ2v) is 4.19. The predicted molar refractivity (Wildman–Crippen MR) is 69.2 cm³/mol. The van der Waals surface area contributed by atoms with Crippen molar-refractivity contribution in [2.24, 2.45) is 0 Å². The Morgan fingerprint density at radius 1 is 1.26 bits per heavy atom. The van der Waals surface area contributed by atoms with Crippen LogP contribution in [0.15, 0.2) is 24.3 Å². The topological polar surface area (TPSA) is 83.8 Å². The fourth-order valence-corrected chi connectivity index (χ4v) is 1.61. The molecule has 0 spiro atoms. The molecule has 0 heterocycles. The summed E-state index contributed by atoms with van der Waals surface area (Å²) >= 11 is 0. The standard InChI is InChI=1S/C14H18O5/c1-2-10(15)6-5-9-19-14(18)12-8-4-3-7-11(12)13(16)17/h3-4,7-8,10,15H,2,5-6,9H2,1H3,(H,16,17). The van der Waals surface area contributed by atoms with E-state index in [2.05, 4.69) is 0 Å². The molecule has 0 aliphatic heterocycles. The molecule has 0 saturated carbocycles. The smallest absolute Gasteiger partial charge is 0.339 e. The highest BCUT2D eigenvalue weighted by molar-refractivity contribution is 6.02. The molecule has 5 nitrogen and oxygen atoms in total. The van der Waals surface area contributed by atoms with Gasteiger partial charge in [0.25, 0.3) is 0 Å². The van der Waals surface area contributed by atoms with Crippen LogP contribution in [0.2, 0.25) is 0 Å². The maximum Gasteiger partial charge on any atom is 0.339 e. The van der Waals surface area contributed by atoms with Crippen molar-refractivity contribution in [1.82, 2.24) is 0 Å². The summed E-state index contributed by atoms with van der Waals surface area (Å²) < 4.78 is 5.00. The Morgan fingerprint density at radius 3 is 2.47 bits per heavy atom. The van der Waals surface area contributed by atoms with Gasteiger partial charge in [-0.15, -0.1) is 0 Å². The van der Waals surface area contributed by atoms with Crippen LogP contribution in [0, 0.1) is 0 Å². The zero-order chi connectivity index (χ0) is 14.3.